The molecule has 0 aliphatic carbocycles. The highest BCUT2D eigenvalue weighted by Crippen LogP contribution is 2.24. The van der Waals surface area contributed by atoms with E-state index in [0.29, 0.717) is 30.5 Å². The van der Waals surface area contributed by atoms with Crippen LogP contribution in [0.15, 0.2) is 28.8 Å². The van der Waals surface area contributed by atoms with E-state index in [1.54, 1.807) is 18.2 Å². The molecule has 0 saturated carbocycles. The normalized spacial score (nSPS) is 18.3. The second-order valence-corrected chi connectivity index (χ2v) is 4.67. The van der Waals surface area contributed by atoms with E-state index < -0.39 is 4.92 Å². The van der Waals surface area contributed by atoms with Crippen molar-refractivity contribution in [2.45, 2.75) is 18.8 Å². The number of benzene rings is 1. The van der Waals surface area contributed by atoms with E-state index in [0.717, 1.165) is 6.42 Å². The first-order valence-electron chi connectivity index (χ1n) is 6.36. The molecule has 3 rings (SSSR count). The highest BCUT2D eigenvalue weighted by Gasteiger charge is 2.24. The summed E-state index contributed by atoms with van der Waals surface area (Å²) in [6, 6.07) is 6.55. The van der Waals surface area contributed by atoms with E-state index in [9.17, 15) is 10.1 Å². The van der Waals surface area contributed by atoms with E-state index in [1.165, 1.54) is 6.07 Å². The smallest absolute Gasteiger partial charge is 0.273 e. The summed E-state index contributed by atoms with van der Waals surface area (Å²) in [5, 5.41) is 14.9. The van der Waals surface area contributed by atoms with Crippen molar-refractivity contribution in [3.05, 3.63) is 51.7 Å². The molecule has 0 amide bonds. The van der Waals surface area contributed by atoms with Gasteiger partial charge >= 0.3 is 0 Å². The highest BCUT2D eigenvalue weighted by molar-refractivity contribution is 5.41. The largest absolute Gasteiger partial charge is 0.381 e. The van der Waals surface area contributed by atoms with Crippen LogP contribution in [-0.4, -0.2) is 28.3 Å². The van der Waals surface area contributed by atoms with Crippen molar-refractivity contribution in [3.8, 4) is 0 Å². The van der Waals surface area contributed by atoms with E-state index in [-0.39, 0.29) is 18.0 Å². The maximum atomic E-state index is 10.9. The summed E-state index contributed by atoms with van der Waals surface area (Å²) < 4.78 is 10.5. The van der Waals surface area contributed by atoms with Gasteiger partial charge in [0.2, 0.25) is 5.89 Å². The molecule has 1 unspecified atom stereocenters. The summed E-state index contributed by atoms with van der Waals surface area (Å²) in [7, 11) is 0. The van der Waals surface area contributed by atoms with Gasteiger partial charge in [-0.15, -0.1) is 0 Å². The predicted molar refractivity (Wildman–Crippen MR) is 68.4 cm³/mol. The van der Waals surface area contributed by atoms with Crippen molar-refractivity contribution in [1.82, 2.24) is 10.1 Å². The Labute approximate surface area is 114 Å². The molecule has 0 radical (unpaired) electrons. The summed E-state index contributed by atoms with van der Waals surface area (Å²) in [5.74, 6) is 1.18. The molecule has 0 spiro atoms. The molecule has 1 aromatic heterocycles. The number of nitrogens with zero attached hydrogens (tertiary/aromatic N) is 3. The zero-order chi connectivity index (χ0) is 13.9. The van der Waals surface area contributed by atoms with Crippen LogP contribution >= 0.6 is 0 Å². The quantitative estimate of drug-likeness (QED) is 0.626. The van der Waals surface area contributed by atoms with Gasteiger partial charge in [-0.05, 0) is 6.42 Å². The second-order valence-electron chi connectivity index (χ2n) is 4.67. The fourth-order valence-corrected chi connectivity index (χ4v) is 2.25. The van der Waals surface area contributed by atoms with Gasteiger partial charge in [-0.1, -0.05) is 23.4 Å². The SMILES string of the molecule is O=[N+]([O-])c1ccccc1Cc1nc(C2CCOC2)no1. The monoisotopic (exact) mass is 275 g/mol. The van der Waals surface area contributed by atoms with Crippen LogP contribution in [0.2, 0.25) is 0 Å². The van der Waals surface area contributed by atoms with Crippen LogP contribution in [-0.2, 0) is 11.2 Å². The zero-order valence-corrected chi connectivity index (χ0v) is 10.7. The first kappa shape index (κ1) is 12.7. The van der Waals surface area contributed by atoms with Gasteiger partial charge in [-0.2, -0.15) is 4.98 Å². The van der Waals surface area contributed by atoms with Gasteiger partial charge in [-0.3, -0.25) is 10.1 Å². The lowest BCUT2D eigenvalue weighted by Gasteiger charge is -1.99. The van der Waals surface area contributed by atoms with Gasteiger partial charge in [0, 0.05) is 24.2 Å². The molecule has 104 valence electrons. The van der Waals surface area contributed by atoms with Gasteiger partial charge in [0.05, 0.1) is 18.0 Å². The summed E-state index contributed by atoms with van der Waals surface area (Å²) in [6.07, 6.45) is 1.14. The average molecular weight is 275 g/mol. The molecular weight excluding hydrogens is 262 g/mol. The molecule has 7 heteroatoms. The molecule has 7 nitrogen and oxygen atoms in total. The van der Waals surface area contributed by atoms with Crippen LogP contribution in [0.4, 0.5) is 5.69 Å². The fraction of sp³-hybridized carbons (Fsp3) is 0.385. The molecule has 1 aliphatic rings. The van der Waals surface area contributed by atoms with Gasteiger partial charge in [0.1, 0.15) is 0 Å². The van der Waals surface area contributed by atoms with Gasteiger partial charge < -0.3 is 9.26 Å². The Bertz CT molecular complexity index is 620. The number of para-hydroxylation sites is 1. The van der Waals surface area contributed by atoms with E-state index in [2.05, 4.69) is 10.1 Å². The highest BCUT2D eigenvalue weighted by atomic mass is 16.6. The minimum Gasteiger partial charge on any atom is -0.381 e. The lowest BCUT2D eigenvalue weighted by atomic mass is 10.1. The standard InChI is InChI=1S/C13H13N3O4/c17-16(18)11-4-2-1-3-9(11)7-12-14-13(15-20-12)10-5-6-19-8-10/h1-4,10H,5-8H2. The topological polar surface area (TPSA) is 91.3 Å². The van der Waals surface area contributed by atoms with Crippen molar-refractivity contribution in [2.75, 3.05) is 13.2 Å². The third-order valence-corrected chi connectivity index (χ3v) is 3.31. The van der Waals surface area contributed by atoms with E-state index >= 15 is 0 Å². The van der Waals surface area contributed by atoms with Crippen LogP contribution in [0, 0.1) is 10.1 Å². The van der Waals surface area contributed by atoms with Crippen molar-refractivity contribution >= 4 is 5.69 Å². The van der Waals surface area contributed by atoms with Crippen LogP contribution in [0.1, 0.15) is 29.6 Å². The number of nitro benzene ring substituents is 1. The third kappa shape index (κ3) is 2.53. The minimum absolute atomic E-state index is 0.0662. The summed E-state index contributed by atoms with van der Waals surface area (Å²) in [5.41, 5.74) is 0.631. The predicted octanol–water partition coefficient (Wildman–Crippen LogP) is 2.07. The number of hydrogen-bond donors (Lipinski definition) is 0. The van der Waals surface area contributed by atoms with Crippen LogP contribution < -0.4 is 0 Å². The number of nitro groups is 1. The lowest BCUT2D eigenvalue weighted by Crippen LogP contribution is -2.00. The molecule has 2 aromatic rings. The molecule has 1 aliphatic heterocycles. The third-order valence-electron chi connectivity index (χ3n) is 3.31. The Kier molecular flexibility index (Phi) is 3.42. The van der Waals surface area contributed by atoms with E-state index in [4.69, 9.17) is 9.26 Å². The molecule has 1 atom stereocenters. The maximum absolute atomic E-state index is 10.9. The Morgan fingerprint density at radius 3 is 3.00 bits per heavy atom. The molecule has 0 bridgehead atoms. The summed E-state index contributed by atoms with van der Waals surface area (Å²) in [4.78, 5) is 14.9. The molecule has 20 heavy (non-hydrogen) atoms. The molecule has 0 N–H and O–H groups in total. The number of rotatable bonds is 4. The minimum atomic E-state index is -0.405. The Morgan fingerprint density at radius 1 is 1.40 bits per heavy atom. The second kappa shape index (κ2) is 5.38. The maximum Gasteiger partial charge on any atom is 0.273 e. The summed E-state index contributed by atoms with van der Waals surface area (Å²) in [6.45, 7) is 1.31. The fourth-order valence-electron chi connectivity index (χ4n) is 2.25. The number of ether oxygens (including phenoxy) is 1. The first-order valence-corrected chi connectivity index (χ1v) is 6.36. The zero-order valence-electron chi connectivity index (χ0n) is 10.7. The first-order chi connectivity index (χ1) is 9.74. The van der Waals surface area contributed by atoms with Gasteiger partial charge in [0.25, 0.3) is 5.69 Å². The Balaban J connectivity index is 1.79. The number of aromatic nitrogens is 2. The lowest BCUT2D eigenvalue weighted by molar-refractivity contribution is -0.385. The molecule has 1 aromatic carbocycles. The van der Waals surface area contributed by atoms with Crippen LogP contribution in [0.25, 0.3) is 0 Å². The van der Waals surface area contributed by atoms with Crippen LogP contribution in [0.5, 0.6) is 0 Å². The molecule has 1 saturated heterocycles. The van der Waals surface area contributed by atoms with Crippen molar-refractivity contribution in [2.24, 2.45) is 0 Å². The van der Waals surface area contributed by atoms with Crippen molar-refractivity contribution in [1.29, 1.82) is 0 Å². The van der Waals surface area contributed by atoms with Crippen molar-refractivity contribution in [3.63, 3.8) is 0 Å². The molecule has 2 heterocycles. The van der Waals surface area contributed by atoms with E-state index in [1.807, 2.05) is 0 Å². The molecular formula is C13H13N3O4. The molecule has 1 fully saturated rings. The van der Waals surface area contributed by atoms with Gasteiger partial charge in [-0.25, -0.2) is 0 Å². The Hall–Kier alpha value is -2.28. The van der Waals surface area contributed by atoms with Gasteiger partial charge in [0.15, 0.2) is 5.82 Å². The Morgan fingerprint density at radius 2 is 2.25 bits per heavy atom. The van der Waals surface area contributed by atoms with Crippen LogP contribution in [0.3, 0.4) is 0 Å². The average Bonchev–Trinajstić information content (AvgIpc) is 3.09. The number of hydrogen-bond acceptors (Lipinski definition) is 6. The van der Waals surface area contributed by atoms with Crippen molar-refractivity contribution < 1.29 is 14.2 Å². The summed E-state index contributed by atoms with van der Waals surface area (Å²) >= 11 is 0.